The largest absolute Gasteiger partial charge is 0.507 e. The maximum atomic E-state index is 11.6. The van der Waals surface area contributed by atoms with E-state index in [2.05, 4.69) is 63.2 Å². The summed E-state index contributed by atoms with van der Waals surface area (Å²) < 4.78 is 2.13. The Morgan fingerprint density at radius 2 is 1.63 bits per heavy atom. The van der Waals surface area contributed by atoms with Crippen LogP contribution in [0.5, 0.6) is 5.75 Å². The molecular formula is C30H37N2O3+. The van der Waals surface area contributed by atoms with Gasteiger partial charge in [-0.2, -0.15) is 4.58 Å². The molecule has 0 saturated carbocycles. The molecule has 0 spiro atoms. The van der Waals surface area contributed by atoms with Crippen molar-refractivity contribution in [1.82, 2.24) is 0 Å². The SMILES string of the molecule is C[N+]1=C(/C=C/c2cc3c4c(c2O)C(C)(C)CCN4CCC3(C)C)C(C)(C)c2cc(C(=O)O)ccc21. The summed E-state index contributed by atoms with van der Waals surface area (Å²) in [4.78, 5) is 14.0. The third kappa shape index (κ3) is 3.42. The summed E-state index contributed by atoms with van der Waals surface area (Å²) in [7, 11) is 2.02. The van der Waals surface area contributed by atoms with Gasteiger partial charge in [0.05, 0.1) is 11.0 Å². The second-order valence-corrected chi connectivity index (χ2v) is 12.3. The molecule has 0 fully saturated rings. The lowest BCUT2D eigenvalue weighted by Gasteiger charge is -2.48. The number of hydrogen-bond acceptors (Lipinski definition) is 3. The van der Waals surface area contributed by atoms with Crippen LogP contribution in [-0.2, 0) is 16.2 Å². The van der Waals surface area contributed by atoms with Gasteiger partial charge in [0.2, 0.25) is 5.69 Å². The Kier molecular flexibility index (Phi) is 5.04. The van der Waals surface area contributed by atoms with Gasteiger partial charge in [-0.25, -0.2) is 4.79 Å². The van der Waals surface area contributed by atoms with E-state index in [1.165, 1.54) is 11.3 Å². The van der Waals surface area contributed by atoms with Crippen molar-refractivity contribution >= 4 is 29.1 Å². The van der Waals surface area contributed by atoms with E-state index >= 15 is 0 Å². The van der Waals surface area contributed by atoms with Crippen molar-refractivity contribution in [3.8, 4) is 5.75 Å². The van der Waals surface area contributed by atoms with Crippen LogP contribution < -0.4 is 4.90 Å². The van der Waals surface area contributed by atoms with Gasteiger partial charge in [0, 0.05) is 47.6 Å². The van der Waals surface area contributed by atoms with Crippen molar-refractivity contribution < 1.29 is 19.6 Å². The summed E-state index contributed by atoms with van der Waals surface area (Å²) >= 11 is 0. The van der Waals surface area contributed by atoms with Gasteiger partial charge in [0.1, 0.15) is 12.8 Å². The van der Waals surface area contributed by atoms with Gasteiger partial charge in [-0.15, -0.1) is 0 Å². The second kappa shape index (κ2) is 7.46. The lowest BCUT2D eigenvalue weighted by molar-refractivity contribution is -0.401. The highest BCUT2D eigenvalue weighted by Crippen LogP contribution is 2.53. The average Bonchev–Trinajstić information content (AvgIpc) is 2.96. The van der Waals surface area contributed by atoms with Gasteiger partial charge in [-0.05, 0) is 67.4 Å². The summed E-state index contributed by atoms with van der Waals surface area (Å²) in [5, 5.41) is 21.1. The van der Waals surface area contributed by atoms with Crippen molar-refractivity contribution in [2.24, 2.45) is 0 Å². The highest BCUT2D eigenvalue weighted by molar-refractivity contribution is 6.06. The number of carboxylic acid groups (broad SMARTS) is 1. The molecule has 0 saturated heterocycles. The van der Waals surface area contributed by atoms with Crippen molar-refractivity contribution in [3.05, 3.63) is 58.2 Å². The number of fused-ring (bicyclic) bond motifs is 1. The first-order valence-electron chi connectivity index (χ1n) is 12.6. The molecule has 2 N–H and O–H groups in total. The molecule has 2 aromatic rings. The number of aromatic hydroxyl groups is 1. The van der Waals surface area contributed by atoms with Crippen LogP contribution in [0.4, 0.5) is 11.4 Å². The monoisotopic (exact) mass is 473 g/mol. The van der Waals surface area contributed by atoms with Crippen LogP contribution in [0.25, 0.3) is 6.08 Å². The third-order valence-corrected chi connectivity index (χ3v) is 8.74. The molecule has 0 unspecified atom stereocenters. The smallest absolute Gasteiger partial charge is 0.335 e. The number of allylic oxidation sites excluding steroid dienone is 1. The Labute approximate surface area is 208 Å². The maximum absolute atomic E-state index is 11.6. The van der Waals surface area contributed by atoms with E-state index in [-0.39, 0.29) is 16.2 Å². The molecule has 0 bridgehead atoms. The number of hydrogen-bond donors (Lipinski definition) is 2. The van der Waals surface area contributed by atoms with Crippen LogP contribution in [0, 0.1) is 0 Å². The van der Waals surface area contributed by atoms with Gasteiger partial charge in [-0.3, -0.25) is 0 Å². The Bertz CT molecular complexity index is 1330. The molecule has 3 heterocycles. The van der Waals surface area contributed by atoms with Gasteiger partial charge >= 0.3 is 5.97 Å². The van der Waals surface area contributed by atoms with E-state index in [4.69, 9.17) is 0 Å². The first kappa shape index (κ1) is 23.7. The number of phenols is 1. The second-order valence-electron chi connectivity index (χ2n) is 12.3. The van der Waals surface area contributed by atoms with E-state index < -0.39 is 5.97 Å². The molecule has 5 nitrogen and oxygen atoms in total. The minimum absolute atomic E-state index is 0.0460. The Balaban J connectivity index is 1.64. The molecule has 0 radical (unpaired) electrons. The van der Waals surface area contributed by atoms with Crippen LogP contribution in [-0.4, -0.2) is 46.6 Å². The predicted molar refractivity (Wildman–Crippen MR) is 142 cm³/mol. The van der Waals surface area contributed by atoms with Crippen molar-refractivity contribution in [2.75, 3.05) is 25.0 Å². The van der Waals surface area contributed by atoms with Gasteiger partial charge in [0.15, 0.2) is 5.71 Å². The number of carboxylic acids is 1. The van der Waals surface area contributed by atoms with Crippen molar-refractivity contribution in [1.29, 1.82) is 0 Å². The lowest BCUT2D eigenvalue weighted by Crippen LogP contribution is -2.44. The van der Waals surface area contributed by atoms with Crippen LogP contribution in [0.15, 0.2) is 30.3 Å². The molecular weight excluding hydrogens is 436 g/mol. The lowest BCUT2D eigenvalue weighted by atomic mass is 9.68. The topological polar surface area (TPSA) is 63.8 Å². The minimum Gasteiger partial charge on any atom is -0.507 e. The fourth-order valence-corrected chi connectivity index (χ4v) is 6.36. The van der Waals surface area contributed by atoms with Gasteiger partial charge < -0.3 is 15.1 Å². The number of aromatic carboxylic acids is 1. The van der Waals surface area contributed by atoms with Crippen LogP contribution in [0.3, 0.4) is 0 Å². The molecule has 0 amide bonds. The number of phenolic OH excluding ortho intramolecular Hbond substituents is 1. The van der Waals surface area contributed by atoms with E-state index in [1.54, 1.807) is 12.1 Å². The summed E-state index contributed by atoms with van der Waals surface area (Å²) in [6.07, 6.45) is 6.26. The van der Waals surface area contributed by atoms with Crippen molar-refractivity contribution in [2.45, 2.75) is 70.6 Å². The first-order valence-corrected chi connectivity index (χ1v) is 12.6. The molecule has 3 aliphatic heterocycles. The highest BCUT2D eigenvalue weighted by atomic mass is 16.4. The van der Waals surface area contributed by atoms with E-state index in [1.807, 2.05) is 19.2 Å². The van der Waals surface area contributed by atoms with Crippen LogP contribution in [0.2, 0.25) is 0 Å². The zero-order valence-electron chi connectivity index (χ0n) is 22.0. The zero-order valence-corrected chi connectivity index (χ0v) is 22.0. The molecule has 5 rings (SSSR count). The first-order chi connectivity index (χ1) is 16.3. The molecule has 3 aliphatic rings. The van der Waals surface area contributed by atoms with Gasteiger partial charge in [-0.1, -0.05) is 27.7 Å². The summed E-state index contributed by atoms with van der Waals surface area (Å²) in [6.45, 7) is 15.4. The number of carbonyl (C=O) groups is 1. The number of nitrogens with zero attached hydrogens (tertiary/aromatic N) is 2. The fourth-order valence-electron chi connectivity index (χ4n) is 6.36. The van der Waals surface area contributed by atoms with E-state index in [9.17, 15) is 15.0 Å². The molecule has 0 atom stereocenters. The molecule has 0 aromatic heterocycles. The standard InChI is InChI=1S/C30H36N2O3/c1-28(2)12-14-32-15-13-29(3,4)24-25(32)21(28)16-18(26(24)33)9-11-23-30(5,6)20-17-19(27(34)35)8-10-22(20)31(23)7/h8-11,16-17H,12-15H2,1-7H3,(H,34,35)/p+1. The highest BCUT2D eigenvalue weighted by Gasteiger charge is 2.44. The Morgan fingerprint density at radius 1 is 0.971 bits per heavy atom. The van der Waals surface area contributed by atoms with E-state index in [0.717, 1.165) is 54.0 Å². The number of benzene rings is 2. The Hall–Kier alpha value is -3.08. The molecule has 184 valence electrons. The fraction of sp³-hybridized carbons (Fsp3) is 0.467. The van der Waals surface area contributed by atoms with Crippen LogP contribution >= 0.6 is 0 Å². The van der Waals surface area contributed by atoms with Gasteiger partial charge in [0.25, 0.3) is 0 Å². The molecule has 2 aromatic carbocycles. The normalized spacial score (nSPS) is 21.3. The third-order valence-electron chi connectivity index (χ3n) is 8.74. The quantitative estimate of drug-likeness (QED) is 0.539. The molecule has 35 heavy (non-hydrogen) atoms. The number of anilines is 1. The summed E-state index contributed by atoms with van der Waals surface area (Å²) in [5.74, 6) is -0.528. The minimum atomic E-state index is -0.914. The Morgan fingerprint density at radius 3 is 2.29 bits per heavy atom. The average molecular weight is 474 g/mol. The number of rotatable bonds is 3. The summed E-state index contributed by atoms with van der Waals surface area (Å²) in [6, 6.07) is 7.53. The van der Waals surface area contributed by atoms with E-state index in [0.29, 0.717) is 11.3 Å². The van der Waals surface area contributed by atoms with Crippen molar-refractivity contribution in [3.63, 3.8) is 0 Å². The predicted octanol–water partition coefficient (Wildman–Crippen LogP) is 5.98. The molecule has 0 aliphatic carbocycles. The summed E-state index contributed by atoms with van der Waals surface area (Å²) in [5.41, 5.74) is 7.47. The zero-order chi connectivity index (χ0) is 25.5. The molecule has 5 heteroatoms. The maximum Gasteiger partial charge on any atom is 0.335 e. The van der Waals surface area contributed by atoms with Crippen LogP contribution in [0.1, 0.15) is 87.0 Å².